The van der Waals surface area contributed by atoms with Crippen LogP contribution in [0.5, 0.6) is 0 Å². The number of rotatable bonds is 5. The zero-order valence-electron chi connectivity index (χ0n) is 20.6. The molecule has 4 aromatic rings. The second-order valence-electron chi connectivity index (χ2n) is 9.18. The minimum Gasteiger partial charge on any atom is -0.308 e. The molecule has 1 aromatic carbocycles. The Kier molecular flexibility index (Phi) is 7.05. The maximum Gasteiger partial charge on any atom is 0.416 e. The number of hydrogen-bond donors (Lipinski definition) is 2. The van der Waals surface area contributed by atoms with Crippen molar-refractivity contribution in [2.24, 2.45) is 0 Å². The molecule has 38 heavy (non-hydrogen) atoms. The monoisotopic (exact) mass is 539 g/mol. The van der Waals surface area contributed by atoms with Gasteiger partial charge in [-0.15, -0.1) is 0 Å². The van der Waals surface area contributed by atoms with Gasteiger partial charge in [-0.1, -0.05) is 31.3 Å². The summed E-state index contributed by atoms with van der Waals surface area (Å²) in [5.74, 6) is 6.27. The zero-order chi connectivity index (χ0) is 26.9. The van der Waals surface area contributed by atoms with E-state index in [4.69, 9.17) is 0 Å². The van der Waals surface area contributed by atoms with Crippen LogP contribution in [0.15, 0.2) is 42.7 Å². The Labute approximate surface area is 220 Å². The van der Waals surface area contributed by atoms with Crippen LogP contribution >= 0.6 is 11.3 Å². The number of likely N-dealkylation sites (tertiary alicyclic amines) is 1. The van der Waals surface area contributed by atoms with Crippen molar-refractivity contribution in [2.75, 3.05) is 23.7 Å². The number of carbonyl (C=O) groups is 1. The smallest absolute Gasteiger partial charge is 0.308 e. The second kappa shape index (κ2) is 10.4. The summed E-state index contributed by atoms with van der Waals surface area (Å²) in [6.45, 7) is 5.91. The lowest BCUT2D eigenvalue weighted by Gasteiger charge is -2.31. The van der Waals surface area contributed by atoms with E-state index in [9.17, 15) is 18.0 Å². The molecule has 1 aliphatic heterocycles. The molecule has 0 spiro atoms. The maximum atomic E-state index is 13.6. The van der Waals surface area contributed by atoms with E-state index in [1.807, 2.05) is 17.0 Å². The number of urea groups is 1. The number of anilines is 2. The van der Waals surface area contributed by atoms with Gasteiger partial charge in [0.05, 0.1) is 28.5 Å². The van der Waals surface area contributed by atoms with Gasteiger partial charge in [-0.05, 0) is 67.1 Å². The lowest BCUT2D eigenvalue weighted by atomic mass is 10.0. The molecule has 0 radical (unpaired) electrons. The number of imidazole rings is 1. The van der Waals surface area contributed by atoms with Crippen molar-refractivity contribution in [1.29, 1.82) is 0 Å². The fraction of sp³-hybridized carbons (Fsp3) is 0.308. The van der Waals surface area contributed by atoms with Crippen molar-refractivity contribution >= 4 is 33.8 Å². The molecule has 3 aromatic heterocycles. The van der Waals surface area contributed by atoms with Gasteiger partial charge < -0.3 is 5.32 Å². The molecule has 5 rings (SSSR count). The topological polar surface area (TPSA) is 87.4 Å². The van der Waals surface area contributed by atoms with E-state index >= 15 is 0 Å². The van der Waals surface area contributed by atoms with E-state index in [1.165, 1.54) is 18.3 Å². The van der Waals surface area contributed by atoms with Gasteiger partial charge in [0.1, 0.15) is 5.69 Å². The molecule has 2 N–H and O–H groups in total. The Morgan fingerprint density at radius 2 is 1.92 bits per heavy atom. The first-order valence-electron chi connectivity index (χ1n) is 12.0. The SMILES string of the molecule is CC(C)c1ccc2ncc(C#Cc3cnc(NC(=O)Nc4ccc(CN5CCC5)c(C(F)(F)F)c4)s3)n2n1. The number of alkyl halides is 3. The quantitative estimate of drug-likeness (QED) is 0.324. The lowest BCUT2D eigenvalue weighted by Crippen LogP contribution is -2.36. The predicted octanol–water partition coefficient (Wildman–Crippen LogP) is 5.58. The van der Waals surface area contributed by atoms with Crippen LogP contribution < -0.4 is 10.6 Å². The number of carbonyl (C=O) groups excluding carboxylic acids is 1. The van der Waals surface area contributed by atoms with E-state index in [1.54, 1.807) is 10.7 Å². The van der Waals surface area contributed by atoms with Gasteiger partial charge in [0.15, 0.2) is 10.8 Å². The average molecular weight is 540 g/mol. The van der Waals surface area contributed by atoms with Gasteiger partial charge in [0.25, 0.3) is 0 Å². The molecule has 4 heterocycles. The Morgan fingerprint density at radius 1 is 1.11 bits per heavy atom. The normalized spacial score (nSPS) is 13.7. The number of fused-ring (bicyclic) bond motifs is 1. The summed E-state index contributed by atoms with van der Waals surface area (Å²) in [4.78, 5) is 23.4. The van der Waals surface area contributed by atoms with E-state index < -0.39 is 17.8 Å². The average Bonchev–Trinajstić information content (AvgIpc) is 3.46. The molecule has 1 saturated heterocycles. The molecule has 0 atom stereocenters. The van der Waals surface area contributed by atoms with Crippen molar-refractivity contribution < 1.29 is 18.0 Å². The van der Waals surface area contributed by atoms with Crippen LogP contribution in [0.4, 0.5) is 28.8 Å². The highest BCUT2D eigenvalue weighted by Crippen LogP contribution is 2.35. The van der Waals surface area contributed by atoms with Crippen molar-refractivity contribution in [3.63, 3.8) is 0 Å². The highest BCUT2D eigenvalue weighted by atomic mass is 32.1. The Bertz CT molecular complexity index is 1540. The first kappa shape index (κ1) is 25.7. The van der Waals surface area contributed by atoms with Crippen molar-refractivity contribution in [2.45, 2.75) is 38.9 Å². The van der Waals surface area contributed by atoms with Crippen molar-refractivity contribution in [1.82, 2.24) is 24.5 Å². The van der Waals surface area contributed by atoms with Crippen LogP contribution in [-0.2, 0) is 12.7 Å². The summed E-state index contributed by atoms with van der Waals surface area (Å²) >= 11 is 1.14. The number of amides is 2. The zero-order valence-corrected chi connectivity index (χ0v) is 21.5. The van der Waals surface area contributed by atoms with Crippen LogP contribution in [-0.4, -0.2) is 43.6 Å². The number of nitrogens with one attached hydrogen (secondary N) is 2. The fourth-order valence-electron chi connectivity index (χ4n) is 3.89. The molecular weight excluding hydrogens is 515 g/mol. The van der Waals surface area contributed by atoms with Crippen LogP contribution in [0.2, 0.25) is 0 Å². The largest absolute Gasteiger partial charge is 0.416 e. The first-order chi connectivity index (χ1) is 18.2. The lowest BCUT2D eigenvalue weighted by molar-refractivity contribution is -0.138. The third-order valence-electron chi connectivity index (χ3n) is 6.03. The van der Waals surface area contributed by atoms with Crippen molar-refractivity contribution in [3.8, 4) is 11.8 Å². The minimum atomic E-state index is -4.52. The maximum absolute atomic E-state index is 13.6. The van der Waals surface area contributed by atoms with Crippen molar-refractivity contribution in [3.05, 3.63) is 70.1 Å². The van der Waals surface area contributed by atoms with Gasteiger partial charge >= 0.3 is 12.2 Å². The van der Waals surface area contributed by atoms with Gasteiger partial charge in [0.2, 0.25) is 0 Å². The van der Waals surface area contributed by atoms with E-state index in [-0.39, 0.29) is 28.8 Å². The molecule has 1 aliphatic rings. The summed E-state index contributed by atoms with van der Waals surface area (Å²) in [6, 6.07) is 6.96. The molecular formula is C26H24F3N7OS. The van der Waals surface area contributed by atoms with Crippen LogP contribution in [0.1, 0.15) is 53.6 Å². The van der Waals surface area contributed by atoms with E-state index in [0.717, 1.165) is 42.6 Å². The molecule has 0 saturated carbocycles. The molecule has 2 amide bonds. The van der Waals surface area contributed by atoms with Gasteiger partial charge in [-0.25, -0.2) is 19.3 Å². The Balaban J connectivity index is 1.25. The number of nitrogens with zero attached hydrogens (tertiary/aromatic N) is 5. The van der Waals surface area contributed by atoms with E-state index in [2.05, 4.69) is 51.4 Å². The molecule has 0 unspecified atom stereocenters. The van der Waals surface area contributed by atoms with Gasteiger partial charge in [0, 0.05) is 12.2 Å². The van der Waals surface area contributed by atoms with Gasteiger partial charge in [-0.2, -0.15) is 18.3 Å². The summed E-state index contributed by atoms with van der Waals surface area (Å²) in [6.07, 6.45) is -0.390. The van der Waals surface area contributed by atoms with E-state index in [0.29, 0.717) is 16.2 Å². The molecule has 0 bridgehead atoms. The third kappa shape index (κ3) is 5.79. The van der Waals surface area contributed by atoms with Crippen LogP contribution in [0, 0.1) is 11.8 Å². The summed E-state index contributed by atoms with van der Waals surface area (Å²) in [5.41, 5.74) is 1.69. The number of benzene rings is 1. The highest BCUT2D eigenvalue weighted by Gasteiger charge is 2.34. The Hall–Kier alpha value is -3.95. The first-order valence-corrected chi connectivity index (χ1v) is 12.8. The Morgan fingerprint density at radius 3 is 2.63 bits per heavy atom. The molecule has 8 nitrogen and oxygen atoms in total. The number of aromatic nitrogens is 4. The molecule has 196 valence electrons. The summed E-state index contributed by atoms with van der Waals surface area (Å²) in [5, 5.41) is 9.84. The number of hydrogen-bond acceptors (Lipinski definition) is 6. The summed E-state index contributed by atoms with van der Waals surface area (Å²) < 4.78 is 42.6. The fourth-order valence-corrected chi connectivity index (χ4v) is 4.56. The third-order valence-corrected chi connectivity index (χ3v) is 6.86. The molecule has 0 aliphatic carbocycles. The number of halogens is 3. The van der Waals surface area contributed by atoms with Gasteiger partial charge in [-0.3, -0.25) is 10.2 Å². The number of thiazole rings is 1. The predicted molar refractivity (Wildman–Crippen MR) is 139 cm³/mol. The summed E-state index contributed by atoms with van der Waals surface area (Å²) in [7, 11) is 0. The minimum absolute atomic E-state index is 0.0413. The van der Waals surface area contributed by atoms with Crippen LogP contribution in [0.3, 0.4) is 0 Å². The second-order valence-corrected chi connectivity index (χ2v) is 10.2. The highest BCUT2D eigenvalue weighted by molar-refractivity contribution is 7.16. The van der Waals surface area contributed by atoms with Crippen LogP contribution in [0.25, 0.3) is 5.65 Å². The standard InChI is InChI=1S/C26H24F3N7OS/c1-16(2)22-8-9-23-30-13-19(36(23)34-22)6-7-20-14-31-25(38-20)33-24(37)32-18-5-4-17(15-35-10-3-11-35)21(12-18)26(27,28)29/h4-5,8-9,12-14,16H,3,10-11,15H2,1-2H3,(H2,31,32,33,37). The molecule has 1 fully saturated rings. The molecule has 12 heteroatoms.